The molecular weight excluding hydrogens is 316 g/mol. The van der Waals surface area contributed by atoms with Crippen LogP contribution in [0.4, 0.5) is 10.5 Å². The number of benzene rings is 1. The number of rotatable bonds is 5. The smallest absolute Gasteiger partial charge is 0.319 e. The summed E-state index contributed by atoms with van der Waals surface area (Å²) in [4.78, 5) is 12.0. The second-order valence-electron chi connectivity index (χ2n) is 6.11. The molecule has 6 nitrogen and oxygen atoms in total. The average Bonchev–Trinajstić information content (AvgIpc) is 2.44. The molecule has 1 atom stereocenters. The molecule has 0 aromatic heterocycles. The number of amides is 2. The van der Waals surface area contributed by atoms with Crippen LogP contribution in [0.3, 0.4) is 0 Å². The standard InChI is InChI=1S/C16H24N2O4S/c1-12(2)22-10-13-5-3-6-14(9-13)17-16(19)18-15-7-4-8-23(20,21)11-15/h3,5-6,9,12,15H,4,7-8,10-11H2,1-2H3,(H2,17,18,19)/t15-/m0/s1. The molecule has 1 aromatic rings. The molecule has 23 heavy (non-hydrogen) atoms. The molecule has 2 rings (SSSR count). The molecule has 0 saturated carbocycles. The summed E-state index contributed by atoms with van der Waals surface area (Å²) < 4.78 is 28.7. The molecule has 0 aliphatic carbocycles. The Morgan fingerprint density at radius 2 is 2.17 bits per heavy atom. The monoisotopic (exact) mass is 340 g/mol. The first-order valence-corrected chi connectivity index (χ1v) is 9.65. The van der Waals surface area contributed by atoms with Gasteiger partial charge in [-0.25, -0.2) is 13.2 Å². The lowest BCUT2D eigenvalue weighted by atomic mass is 10.2. The van der Waals surface area contributed by atoms with Crippen molar-refractivity contribution in [2.45, 2.75) is 45.4 Å². The van der Waals surface area contributed by atoms with Crippen LogP contribution >= 0.6 is 0 Å². The number of hydrogen-bond donors (Lipinski definition) is 2. The van der Waals surface area contributed by atoms with Gasteiger partial charge in [0.2, 0.25) is 0 Å². The van der Waals surface area contributed by atoms with Crippen LogP contribution in [0.2, 0.25) is 0 Å². The normalized spacial score (nSPS) is 20.2. The van der Waals surface area contributed by atoms with Crippen molar-refractivity contribution in [3.63, 3.8) is 0 Å². The summed E-state index contributed by atoms with van der Waals surface area (Å²) >= 11 is 0. The molecule has 1 saturated heterocycles. The topological polar surface area (TPSA) is 84.5 Å². The highest BCUT2D eigenvalue weighted by Gasteiger charge is 2.25. The third-order valence-electron chi connectivity index (χ3n) is 3.57. The van der Waals surface area contributed by atoms with E-state index >= 15 is 0 Å². The number of ether oxygens (including phenoxy) is 1. The van der Waals surface area contributed by atoms with Crippen LogP contribution in [0, 0.1) is 0 Å². The molecular formula is C16H24N2O4S. The van der Waals surface area contributed by atoms with E-state index in [-0.39, 0.29) is 29.7 Å². The summed E-state index contributed by atoms with van der Waals surface area (Å²) in [6.45, 7) is 4.41. The minimum atomic E-state index is -3.03. The van der Waals surface area contributed by atoms with E-state index in [0.717, 1.165) is 5.56 Å². The molecule has 1 aliphatic rings. The summed E-state index contributed by atoms with van der Waals surface area (Å²) in [6, 6.07) is 6.71. The second kappa shape index (κ2) is 7.79. The van der Waals surface area contributed by atoms with Gasteiger partial charge >= 0.3 is 6.03 Å². The zero-order valence-electron chi connectivity index (χ0n) is 13.5. The molecule has 0 radical (unpaired) electrons. The number of sulfone groups is 1. The van der Waals surface area contributed by atoms with E-state index in [1.807, 2.05) is 32.0 Å². The van der Waals surface area contributed by atoms with Crippen molar-refractivity contribution < 1.29 is 17.9 Å². The van der Waals surface area contributed by atoms with Crippen LogP contribution in [-0.2, 0) is 21.2 Å². The summed E-state index contributed by atoms with van der Waals surface area (Å²) in [5.74, 6) is 0.230. The molecule has 7 heteroatoms. The van der Waals surface area contributed by atoms with Gasteiger partial charge in [-0.2, -0.15) is 0 Å². The zero-order valence-corrected chi connectivity index (χ0v) is 14.4. The third kappa shape index (κ3) is 6.19. The molecule has 0 bridgehead atoms. The van der Waals surface area contributed by atoms with E-state index in [4.69, 9.17) is 4.74 Å². The minimum Gasteiger partial charge on any atom is -0.374 e. The third-order valence-corrected chi connectivity index (χ3v) is 5.39. The van der Waals surface area contributed by atoms with Crippen LogP contribution in [0.5, 0.6) is 0 Å². The lowest BCUT2D eigenvalue weighted by Crippen LogP contribution is -2.44. The number of nitrogens with one attached hydrogen (secondary N) is 2. The summed E-state index contributed by atoms with van der Waals surface area (Å²) in [7, 11) is -3.03. The molecule has 128 valence electrons. The number of carbonyl (C=O) groups excluding carboxylic acids is 1. The van der Waals surface area contributed by atoms with Gasteiger partial charge in [-0.15, -0.1) is 0 Å². The van der Waals surface area contributed by atoms with Gasteiger partial charge in [-0.1, -0.05) is 12.1 Å². The molecule has 0 spiro atoms. The van der Waals surface area contributed by atoms with Crippen molar-refractivity contribution in [1.29, 1.82) is 0 Å². The summed E-state index contributed by atoms with van der Waals surface area (Å²) in [6.07, 6.45) is 1.42. The SMILES string of the molecule is CC(C)OCc1cccc(NC(=O)N[C@H]2CCCS(=O)(=O)C2)c1. The Kier molecular flexibility index (Phi) is 6.01. The first-order valence-electron chi connectivity index (χ1n) is 7.82. The second-order valence-corrected chi connectivity index (χ2v) is 8.34. The Balaban J connectivity index is 1.88. The largest absolute Gasteiger partial charge is 0.374 e. The van der Waals surface area contributed by atoms with Crippen molar-refractivity contribution in [2.24, 2.45) is 0 Å². The van der Waals surface area contributed by atoms with Gasteiger partial charge < -0.3 is 15.4 Å². The van der Waals surface area contributed by atoms with Gasteiger partial charge in [0, 0.05) is 11.7 Å². The van der Waals surface area contributed by atoms with Crippen LogP contribution < -0.4 is 10.6 Å². The molecule has 1 heterocycles. The first kappa shape index (κ1) is 17.7. The van der Waals surface area contributed by atoms with Gasteiger partial charge in [-0.05, 0) is 44.4 Å². The van der Waals surface area contributed by atoms with Crippen molar-refractivity contribution in [1.82, 2.24) is 5.32 Å². The number of urea groups is 1. The highest BCUT2D eigenvalue weighted by molar-refractivity contribution is 7.91. The maximum Gasteiger partial charge on any atom is 0.319 e. The van der Waals surface area contributed by atoms with E-state index in [2.05, 4.69) is 10.6 Å². The van der Waals surface area contributed by atoms with Crippen molar-refractivity contribution >= 4 is 21.6 Å². The Labute approximate surface area is 137 Å². The van der Waals surface area contributed by atoms with Crippen molar-refractivity contribution in [2.75, 3.05) is 16.8 Å². The fraction of sp³-hybridized carbons (Fsp3) is 0.562. The number of anilines is 1. The Bertz CT molecular complexity index is 643. The van der Waals surface area contributed by atoms with Crippen molar-refractivity contribution in [3.8, 4) is 0 Å². The Hall–Kier alpha value is -1.60. The molecule has 1 aliphatic heterocycles. The van der Waals surface area contributed by atoms with Crippen LogP contribution in [-0.4, -0.2) is 38.1 Å². The Morgan fingerprint density at radius 1 is 1.39 bits per heavy atom. The van der Waals surface area contributed by atoms with Gasteiger partial charge in [-0.3, -0.25) is 0 Å². The molecule has 1 aromatic carbocycles. The lowest BCUT2D eigenvalue weighted by Gasteiger charge is -2.23. The maximum absolute atomic E-state index is 12.0. The van der Waals surface area contributed by atoms with Crippen LogP contribution in [0.15, 0.2) is 24.3 Å². The Morgan fingerprint density at radius 3 is 2.87 bits per heavy atom. The molecule has 1 fully saturated rings. The maximum atomic E-state index is 12.0. The van der Waals surface area contributed by atoms with E-state index in [9.17, 15) is 13.2 Å². The number of carbonyl (C=O) groups is 1. The fourth-order valence-corrected chi connectivity index (χ4v) is 4.13. The number of hydrogen-bond acceptors (Lipinski definition) is 4. The minimum absolute atomic E-state index is 0.0166. The predicted octanol–water partition coefficient (Wildman–Crippen LogP) is 2.31. The van der Waals surface area contributed by atoms with Gasteiger partial charge in [0.15, 0.2) is 9.84 Å². The van der Waals surface area contributed by atoms with Gasteiger partial charge in [0.25, 0.3) is 0 Å². The lowest BCUT2D eigenvalue weighted by molar-refractivity contribution is 0.0657. The first-order chi connectivity index (χ1) is 10.8. The van der Waals surface area contributed by atoms with Crippen molar-refractivity contribution in [3.05, 3.63) is 29.8 Å². The van der Waals surface area contributed by atoms with Gasteiger partial charge in [0.1, 0.15) is 0 Å². The summed E-state index contributed by atoms with van der Waals surface area (Å²) in [5, 5.41) is 5.48. The molecule has 2 N–H and O–H groups in total. The predicted molar refractivity (Wildman–Crippen MR) is 90.2 cm³/mol. The highest BCUT2D eigenvalue weighted by Crippen LogP contribution is 2.14. The summed E-state index contributed by atoms with van der Waals surface area (Å²) in [5.41, 5.74) is 1.63. The molecule has 2 amide bonds. The fourth-order valence-electron chi connectivity index (χ4n) is 2.49. The van der Waals surface area contributed by atoms with E-state index in [0.29, 0.717) is 25.1 Å². The van der Waals surface area contributed by atoms with Gasteiger partial charge in [0.05, 0.1) is 24.2 Å². The molecule has 0 unspecified atom stereocenters. The zero-order chi connectivity index (χ0) is 16.9. The quantitative estimate of drug-likeness (QED) is 0.861. The van der Waals surface area contributed by atoms with E-state index in [1.165, 1.54) is 0 Å². The average molecular weight is 340 g/mol. The van der Waals surface area contributed by atoms with Crippen LogP contribution in [0.25, 0.3) is 0 Å². The van der Waals surface area contributed by atoms with E-state index in [1.54, 1.807) is 6.07 Å². The van der Waals surface area contributed by atoms with E-state index < -0.39 is 9.84 Å². The highest BCUT2D eigenvalue weighted by atomic mass is 32.2. The van der Waals surface area contributed by atoms with Crippen LogP contribution in [0.1, 0.15) is 32.3 Å².